The number of carbonyl (C=O) groups is 2. The summed E-state index contributed by atoms with van der Waals surface area (Å²) in [4.78, 5) is 25.6. The topological polar surface area (TPSA) is 49.4 Å². The third-order valence-corrected chi connectivity index (χ3v) is 4.49. The van der Waals surface area contributed by atoms with E-state index in [2.05, 4.69) is 17.4 Å². The van der Waals surface area contributed by atoms with Crippen LogP contribution in [0.15, 0.2) is 30.3 Å². The molecule has 1 aliphatic rings. The fourth-order valence-electron chi connectivity index (χ4n) is 3.16. The molecule has 0 heterocycles. The molecular formula is C19H28N2O2. The number of rotatable bonds is 7. The molecule has 4 heteroatoms. The highest BCUT2D eigenvalue weighted by Crippen LogP contribution is 2.17. The Morgan fingerprint density at radius 3 is 2.48 bits per heavy atom. The summed E-state index contributed by atoms with van der Waals surface area (Å²) in [6.07, 6.45) is 7.59. The summed E-state index contributed by atoms with van der Waals surface area (Å²) in [6, 6.07) is 10.5. The van der Waals surface area contributed by atoms with Crippen molar-refractivity contribution >= 4 is 11.8 Å². The molecule has 2 amide bonds. The molecule has 1 fully saturated rings. The molecule has 1 aliphatic carbocycles. The molecule has 1 N–H and O–H groups in total. The number of hydrogen-bond donors (Lipinski definition) is 1. The van der Waals surface area contributed by atoms with E-state index >= 15 is 0 Å². The highest BCUT2D eigenvalue weighted by Gasteiger charge is 2.18. The third kappa shape index (κ3) is 6.43. The van der Waals surface area contributed by atoms with Gasteiger partial charge in [-0.2, -0.15) is 0 Å². The Hall–Kier alpha value is -1.84. The predicted octanol–water partition coefficient (Wildman–Crippen LogP) is 2.92. The third-order valence-electron chi connectivity index (χ3n) is 4.49. The highest BCUT2D eigenvalue weighted by atomic mass is 16.2. The van der Waals surface area contributed by atoms with Gasteiger partial charge in [-0.1, -0.05) is 49.6 Å². The van der Waals surface area contributed by atoms with Crippen LogP contribution in [0, 0.1) is 0 Å². The monoisotopic (exact) mass is 316 g/mol. The normalized spacial score (nSPS) is 15.2. The second-order valence-electron chi connectivity index (χ2n) is 6.43. The maximum Gasteiger partial charge on any atom is 0.239 e. The summed E-state index contributed by atoms with van der Waals surface area (Å²) in [5, 5.41) is 3.08. The number of nitrogens with one attached hydrogen (secondary N) is 1. The number of carbonyl (C=O) groups excluding carboxylic acids is 2. The molecule has 0 saturated heterocycles. The van der Waals surface area contributed by atoms with Gasteiger partial charge in [-0.15, -0.1) is 0 Å². The SMILES string of the molecule is CC(=O)N(CCCc1ccccc1)CC(=O)NC1CCCCC1. The van der Waals surface area contributed by atoms with Crippen molar-refractivity contribution in [2.75, 3.05) is 13.1 Å². The summed E-state index contributed by atoms with van der Waals surface area (Å²) < 4.78 is 0. The van der Waals surface area contributed by atoms with Crippen molar-refractivity contribution in [1.82, 2.24) is 10.2 Å². The van der Waals surface area contributed by atoms with Crippen molar-refractivity contribution in [3.63, 3.8) is 0 Å². The lowest BCUT2D eigenvalue weighted by molar-refractivity contribution is -0.134. The molecule has 1 aromatic rings. The minimum Gasteiger partial charge on any atom is -0.352 e. The summed E-state index contributed by atoms with van der Waals surface area (Å²) in [7, 11) is 0. The molecule has 0 aliphatic heterocycles. The van der Waals surface area contributed by atoms with Crippen LogP contribution in [0.4, 0.5) is 0 Å². The van der Waals surface area contributed by atoms with Crippen molar-refractivity contribution < 1.29 is 9.59 Å². The Morgan fingerprint density at radius 1 is 1.13 bits per heavy atom. The van der Waals surface area contributed by atoms with Crippen LogP contribution in [0.5, 0.6) is 0 Å². The molecule has 0 radical (unpaired) electrons. The number of nitrogens with zero attached hydrogens (tertiary/aromatic N) is 1. The van der Waals surface area contributed by atoms with Crippen molar-refractivity contribution in [2.24, 2.45) is 0 Å². The molecule has 0 atom stereocenters. The Bertz CT molecular complexity index is 495. The predicted molar refractivity (Wildman–Crippen MR) is 92.0 cm³/mol. The molecule has 1 saturated carbocycles. The van der Waals surface area contributed by atoms with E-state index in [1.54, 1.807) is 4.90 Å². The molecule has 4 nitrogen and oxygen atoms in total. The lowest BCUT2D eigenvalue weighted by Gasteiger charge is -2.25. The zero-order valence-corrected chi connectivity index (χ0v) is 14.1. The van der Waals surface area contributed by atoms with Gasteiger partial charge in [0.05, 0.1) is 6.54 Å². The van der Waals surface area contributed by atoms with Gasteiger partial charge in [0.1, 0.15) is 0 Å². The maximum absolute atomic E-state index is 12.2. The van der Waals surface area contributed by atoms with Gasteiger partial charge >= 0.3 is 0 Å². The van der Waals surface area contributed by atoms with Gasteiger partial charge in [0.25, 0.3) is 0 Å². The van der Waals surface area contributed by atoms with Crippen LogP contribution in [-0.4, -0.2) is 35.8 Å². The average molecular weight is 316 g/mol. The van der Waals surface area contributed by atoms with E-state index in [9.17, 15) is 9.59 Å². The lowest BCUT2D eigenvalue weighted by atomic mass is 9.95. The van der Waals surface area contributed by atoms with E-state index in [1.165, 1.54) is 31.7 Å². The minimum absolute atomic E-state index is 0.0215. The van der Waals surface area contributed by atoms with E-state index in [4.69, 9.17) is 0 Å². The Balaban J connectivity index is 1.74. The fourth-order valence-corrected chi connectivity index (χ4v) is 3.16. The number of amides is 2. The quantitative estimate of drug-likeness (QED) is 0.841. The van der Waals surface area contributed by atoms with Gasteiger partial charge in [-0.05, 0) is 31.2 Å². The summed E-state index contributed by atoms with van der Waals surface area (Å²) >= 11 is 0. The van der Waals surface area contributed by atoms with Gasteiger partial charge in [0.2, 0.25) is 11.8 Å². The first-order valence-corrected chi connectivity index (χ1v) is 8.74. The van der Waals surface area contributed by atoms with Gasteiger partial charge in [0.15, 0.2) is 0 Å². The van der Waals surface area contributed by atoms with Crippen LogP contribution < -0.4 is 5.32 Å². The van der Waals surface area contributed by atoms with Crippen molar-refractivity contribution in [2.45, 2.75) is 57.9 Å². The van der Waals surface area contributed by atoms with E-state index in [1.807, 2.05) is 18.2 Å². The lowest BCUT2D eigenvalue weighted by Crippen LogP contribution is -2.44. The Labute approximate surface area is 139 Å². The zero-order chi connectivity index (χ0) is 16.5. The van der Waals surface area contributed by atoms with Crippen molar-refractivity contribution in [3.05, 3.63) is 35.9 Å². The molecule has 0 aromatic heterocycles. The first-order valence-electron chi connectivity index (χ1n) is 8.74. The molecule has 2 rings (SSSR count). The van der Waals surface area contributed by atoms with Crippen LogP contribution >= 0.6 is 0 Å². The second-order valence-corrected chi connectivity index (χ2v) is 6.43. The molecule has 0 spiro atoms. The number of hydrogen-bond acceptors (Lipinski definition) is 2. The van der Waals surface area contributed by atoms with Crippen LogP contribution in [0.25, 0.3) is 0 Å². The first-order chi connectivity index (χ1) is 11.1. The Kier molecular flexibility index (Phi) is 7.11. The zero-order valence-electron chi connectivity index (χ0n) is 14.1. The van der Waals surface area contributed by atoms with Gasteiger partial charge in [-0.25, -0.2) is 0 Å². The molecule has 23 heavy (non-hydrogen) atoms. The second kappa shape index (κ2) is 9.33. The molecular weight excluding hydrogens is 288 g/mol. The van der Waals surface area contributed by atoms with Crippen LogP contribution in [0.1, 0.15) is 51.0 Å². The minimum atomic E-state index is -0.0307. The molecule has 0 bridgehead atoms. The first kappa shape index (κ1) is 17.5. The molecule has 0 unspecified atom stereocenters. The highest BCUT2D eigenvalue weighted by molar-refractivity contribution is 5.83. The molecule has 1 aromatic carbocycles. The number of aryl methyl sites for hydroxylation is 1. The van der Waals surface area contributed by atoms with E-state index in [0.29, 0.717) is 12.6 Å². The van der Waals surface area contributed by atoms with Crippen molar-refractivity contribution in [1.29, 1.82) is 0 Å². The van der Waals surface area contributed by atoms with E-state index in [-0.39, 0.29) is 18.4 Å². The fraction of sp³-hybridized carbons (Fsp3) is 0.579. The van der Waals surface area contributed by atoms with Crippen LogP contribution in [0.2, 0.25) is 0 Å². The summed E-state index contributed by atoms with van der Waals surface area (Å²) in [5.41, 5.74) is 1.27. The van der Waals surface area contributed by atoms with Crippen LogP contribution in [0.3, 0.4) is 0 Å². The summed E-state index contributed by atoms with van der Waals surface area (Å²) in [5.74, 6) is -0.0522. The average Bonchev–Trinajstić information content (AvgIpc) is 2.55. The van der Waals surface area contributed by atoms with E-state index < -0.39 is 0 Å². The smallest absolute Gasteiger partial charge is 0.239 e. The van der Waals surface area contributed by atoms with Gasteiger partial charge < -0.3 is 10.2 Å². The van der Waals surface area contributed by atoms with Crippen LogP contribution in [-0.2, 0) is 16.0 Å². The summed E-state index contributed by atoms with van der Waals surface area (Å²) in [6.45, 7) is 2.35. The Morgan fingerprint density at radius 2 is 1.83 bits per heavy atom. The van der Waals surface area contributed by atoms with Gasteiger partial charge in [0, 0.05) is 19.5 Å². The van der Waals surface area contributed by atoms with E-state index in [0.717, 1.165) is 25.7 Å². The largest absolute Gasteiger partial charge is 0.352 e. The molecule has 126 valence electrons. The standard InChI is InChI=1S/C19H28N2O2/c1-16(22)21(14-8-11-17-9-4-2-5-10-17)15-19(23)20-18-12-6-3-7-13-18/h2,4-5,9-10,18H,3,6-8,11-15H2,1H3,(H,20,23). The number of benzene rings is 1. The van der Waals surface area contributed by atoms with Gasteiger partial charge in [-0.3, -0.25) is 9.59 Å². The van der Waals surface area contributed by atoms with Crippen molar-refractivity contribution in [3.8, 4) is 0 Å². The maximum atomic E-state index is 12.2.